The minimum Gasteiger partial charge on any atom is -0.497 e. The van der Waals surface area contributed by atoms with Crippen LogP contribution in [0.3, 0.4) is 0 Å². The van der Waals surface area contributed by atoms with Crippen molar-refractivity contribution in [2.24, 2.45) is 5.92 Å². The maximum absolute atomic E-state index is 12.6. The van der Waals surface area contributed by atoms with Crippen molar-refractivity contribution in [1.82, 2.24) is 4.90 Å². The van der Waals surface area contributed by atoms with Crippen molar-refractivity contribution in [3.05, 3.63) is 41.5 Å². The molecule has 1 amide bonds. The van der Waals surface area contributed by atoms with E-state index in [0.29, 0.717) is 5.92 Å². The number of nitrogens with zero attached hydrogens (tertiary/aromatic N) is 1. The quantitative estimate of drug-likeness (QED) is 0.835. The Kier molecular flexibility index (Phi) is 3.52. The van der Waals surface area contributed by atoms with Crippen molar-refractivity contribution >= 4 is 5.91 Å². The fraction of sp³-hybridized carbons (Fsp3) is 0.500. The summed E-state index contributed by atoms with van der Waals surface area (Å²) in [5.41, 5.74) is 2.08. The highest BCUT2D eigenvalue weighted by Crippen LogP contribution is 2.48. The summed E-state index contributed by atoms with van der Waals surface area (Å²) >= 11 is 0. The monoisotopic (exact) mass is 285 g/mol. The number of hydrogen-bond donors (Lipinski definition) is 0. The summed E-state index contributed by atoms with van der Waals surface area (Å²) in [7, 11) is 3.59. The summed E-state index contributed by atoms with van der Waals surface area (Å²) in [4.78, 5) is 14.5. The fourth-order valence-corrected chi connectivity index (χ4v) is 3.84. The van der Waals surface area contributed by atoms with Gasteiger partial charge in [-0.1, -0.05) is 25.1 Å². The van der Waals surface area contributed by atoms with Gasteiger partial charge in [-0.25, -0.2) is 0 Å². The molecule has 3 rings (SSSR count). The number of amides is 1. The van der Waals surface area contributed by atoms with Crippen LogP contribution < -0.4 is 4.74 Å². The Bertz CT molecular complexity index is 593. The molecule has 0 saturated carbocycles. The minimum absolute atomic E-state index is 0.129. The van der Waals surface area contributed by atoms with Crippen molar-refractivity contribution in [3.8, 4) is 5.75 Å². The number of likely N-dealkylation sites (N-methyl/N-ethyl adjacent to an activating group) is 1. The molecule has 0 radical (unpaired) electrons. The summed E-state index contributed by atoms with van der Waals surface area (Å²) in [6.45, 7) is 3.10. The van der Waals surface area contributed by atoms with Crippen LogP contribution in [0.15, 0.2) is 35.9 Å². The van der Waals surface area contributed by atoms with Crippen LogP contribution in [0.4, 0.5) is 0 Å². The van der Waals surface area contributed by atoms with E-state index in [1.54, 1.807) is 7.11 Å². The van der Waals surface area contributed by atoms with Crippen LogP contribution in [-0.4, -0.2) is 31.5 Å². The number of carbonyl (C=O) groups is 1. The van der Waals surface area contributed by atoms with Crippen LogP contribution in [-0.2, 0) is 10.2 Å². The minimum atomic E-state index is -0.129. The Labute approximate surface area is 126 Å². The molecule has 2 aliphatic rings. The second-order valence-corrected chi connectivity index (χ2v) is 6.45. The number of hydrogen-bond acceptors (Lipinski definition) is 2. The molecule has 0 unspecified atom stereocenters. The smallest absolute Gasteiger partial charge is 0.250 e. The largest absolute Gasteiger partial charge is 0.497 e. The van der Waals surface area contributed by atoms with E-state index in [4.69, 9.17) is 4.74 Å². The predicted molar refractivity (Wildman–Crippen MR) is 83.4 cm³/mol. The number of likely N-dealkylation sites (tertiary alicyclic amines) is 1. The number of rotatable bonds is 2. The summed E-state index contributed by atoms with van der Waals surface area (Å²) < 4.78 is 5.38. The highest BCUT2D eigenvalue weighted by atomic mass is 16.5. The van der Waals surface area contributed by atoms with E-state index in [9.17, 15) is 4.79 Å². The molecule has 1 fully saturated rings. The second kappa shape index (κ2) is 5.21. The Morgan fingerprint density at radius 2 is 2.19 bits per heavy atom. The first-order valence-electron chi connectivity index (χ1n) is 7.67. The number of allylic oxidation sites excluding steroid dienone is 1. The van der Waals surface area contributed by atoms with Gasteiger partial charge in [-0.2, -0.15) is 0 Å². The molecule has 21 heavy (non-hydrogen) atoms. The lowest BCUT2D eigenvalue weighted by atomic mass is 9.61. The second-order valence-electron chi connectivity index (χ2n) is 6.45. The molecule has 1 aromatic rings. The molecular weight excluding hydrogens is 262 g/mol. The van der Waals surface area contributed by atoms with Gasteiger partial charge >= 0.3 is 0 Å². The maximum atomic E-state index is 12.6. The van der Waals surface area contributed by atoms with E-state index >= 15 is 0 Å². The lowest BCUT2D eigenvalue weighted by Gasteiger charge is -2.46. The molecule has 1 saturated heterocycles. The van der Waals surface area contributed by atoms with Gasteiger partial charge in [0.1, 0.15) is 5.75 Å². The molecule has 3 heteroatoms. The molecule has 112 valence electrons. The number of fused-ring (bicyclic) bond motifs is 1. The lowest BCUT2D eigenvalue weighted by molar-refractivity contribution is -0.129. The number of methoxy groups -OCH3 is 1. The Balaban J connectivity index is 2.12. The Hall–Kier alpha value is -1.77. The zero-order valence-corrected chi connectivity index (χ0v) is 13.1. The standard InChI is InChI=1S/C18H23NO2/c1-13-7-8-16-17(20)19(2)10-9-18(16,12-13)14-5-4-6-15(11-14)21-3/h4-6,8,11,13H,7,9-10,12H2,1-3H3/t13-,18+/m0/s1. The molecule has 1 aliphatic heterocycles. The molecule has 1 aromatic carbocycles. The van der Waals surface area contributed by atoms with E-state index in [1.807, 2.05) is 24.1 Å². The average Bonchev–Trinajstić information content (AvgIpc) is 2.51. The first-order chi connectivity index (χ1) is 10.1. The van der Waals surface area contributed by atoms with Crippen molar-refractivity contribution < 1.29 is 9.53 Å². The van der Waals surface area contributed by atoms with Crippen molar-refractivity contribution in [2.45, 2.75) is 31.6 Å². The molecular formula is C18H23NO2. The van der Waals surface area contributed by atoms with E-state index in [-0.39, 0.29) is 11.3 Å². The molecule has 1 heterocycles. The van der Waals surface area contributed by atoms with Gasteiger partial charge in [0.15, 0.2) is 0 Å². The molecule has 1 aliphatic carbocycles. The van der Waals surface area contributed by atoms with E-state index in [0.717, 1.165) is 37.1 Å². The SMILES string of the molecule is COc1cccc([C@]23CCN(C)C(=O)C2=CC[C@H](C)C3)c1. The van der Waals surface area contributed by atoms with Gasteiger partial charge in [0, 0.05) is 24.6 Å². The molecule has 2 atom stereocenters. The summed E-state index contributed by atoms with van der Waals surface area (Å²) in [6, 6.07) is 8.24. The maximum Gasteiger partial charge on any atom is 0.250 e. The summed E-state index contributed by atoms with van der Waals surface area (Å²) in [5, 5.41) is 0. The van der Waals surface area contributed by atoms with Crippen molar-refractivity contribution in [1.29, 1.82) is 0 Å². The summed E-state index contributed by atoms with van der Waals surface area (Å²) in [6.07, 6.45) is 5.22. The van der Waals surface area contributed by atoms with Crippen LogP contribution in [0, 0.1) is 5.92 Å². The van der Waals surface area contributed by atoms with Crippen molar-refractivity contribution in [3.63, 3.8) is 0 Å². The van der Waals surface area contributed by atoms with Crippen molar-refractivity contribution in [2.75, 3.05) is 20.7 Å². The van der Waals surface area contributed by atoms with E-state index in [2.05, 4.69) is 25.1 Å². The topological polar surface area (TPSA) is 29.5 Å². The van der Waals surface area contributed by atoms with Crippen LogP contribution >= 0.6 is 0 Å². The van der Waals surface area contributed by atoms with Gasteiger partial charge in [-0.15, -0.1) is 0 Å². The van der Waals surface area contributed by atoms with Gasteiger partial charge in [0.25, 0.3) is 0 Å². The first-order valence-corrected chi connectivity index (χ1v) is 7.67. The van der Waals surface area contributed by atoms with Crippen LogP contribution in [0.1, 0.15) is 31.7 Å². The molecule has 0 aromatic heterocycles. The first kappa shape index (κ1) is 14.2. The number of piperidine rings is 1. The fourth-order valence-electron chi connectivity index (χ4n) is 3.84. The van der Waals surface area contributed by atoms with Gasteiger partial charge in [-0.05, 0) is 42.9 Å². The zero-order chi connectivity index (χ0) is 15.0. The molecule has 3 nitrogen and oxygen atoms in total. The van der Waals surface area contributed by atoms with Gasteiger partial charge in [0.2, 0.25) is 5.91 Å². The lowest BCUT2D eigenvalue weighted by Crippen LogP contribution is -2.48. The number of carbonyl (C=O) groups excluding carboxylic acids is 1. The van der Waals surface area contributed by atoms with Gasteiger partial charge in [-0.3, -0.25) is 4.79 Å². The number of benzene rings is 1. The zero-order valence-electron chi connectivity index (χ0n) is 13.1. The van der Waals surface area contributed by atoms with Crippen LogP contribution in [0.25, 0.3) is 0 Å². The normalized spacial score (nSPS) is 28.9. The van der Waals surface area contributed by atoms with Crippen LogP contribution in [0.5, 0.6) is 5.75 Å². The molecule has 0 bridgehead atoms. The van der Waals surface area contributed by atoms with E-state index in [1.165, 1.54) is 5.56 Å². The third-order valence-electron chi connectivity index (χ3n) is 5.01. The highest BCUT2D eigenvalue weighted by Gasteiger charge is 2.46. The van der Waals surface area contributed by atoms with Crippen LogP contribution in [0.2, 0.25) is 0 Å². The average molecular weight is 285 g/mol. The molecule has 0 N–H and O–H groups in total. The Morgan fingerprint density at radius 3 is 2.95 bits per heavy atom. The Morgan fingerprint density at radius 1 is 1.38 bits per heavy atom. The van der Waals surface area contributed by atoms with E-state index < -0.39 is 0 Å². The number of ether oxygens (including phenoxy) is 1. The third-order valence-corrected chi connectivity index (χ3v) is 5.01. The van der Waals surface area contributed by atoms with Gasteiger partial charge < -0.3 is 9.64 Å². The summed E-state index contributed by atoms with van der Waals surface area (Å²) in [5.74, 6) is 1.66. The van der Waals surface area contributed by atoms with Gasteiger partial charge in [0.05, 0.1) is 7.11 Å². The highest BCUT2D eigenvalue weighted by molar-refractivity contribution is 5.97. The third kappa shape index (κ3) is 2.25. The molecule has 0 spiro atoms. The predicted octanol–water partition coefficient (Wildman–Crippen LogP) is 3.15.